The van der Waals surface area contributed by atoms with Gasteiger partial charge in [-0.15, -0.1) is 11.3 Å². The maximum absolute atomic E-state index is 12.6. The number of thiophene rings is 1. The number of hydrogen-bond donors (Lipinski definition) is 2. The molecule has 2 N–H and O–H groups in total. The van der Waals surface area contributed by atoms with Crippen LogP contribution in [0, 0.1) is 13.8 Å². The van der Waals surface area contributed by atoms with E-state index >= 15 is 0 Å². The van der Waals surface area contributed by atoms with Crippen molar-refractivity contribution in [3.05, 3.63) is 38.2 Å². The molecule has 0 spiro atoms. The van der Waals surface area contributed by atoms with Crippen molar-refractivity contribution in [2.24, 2.45) is 0 Å². The second kappa shape index (κ2) is 8.84. The Labute approximate surface area is 187 Å². The van der Waals surface area contributed by atoms with Crippen molar-refractivity contribution in [2.45, 2.75) is 13.8 Å². The molecular weight excluding hydrogens is 442 g/mol. The van der Waals surface area contributed by atoms with E-state index in [0.29, 0.717) is 31.7 Å². The number of hydrogen-bond acceptors (Lipinski definition) is 9. The number of nitrogens with zero attached hydrogens (tertiary/aromatic N) is 5. The Balaban J connectivity index is 1.46. The van der Waals surface area contributed by atoms with Crippen LogP contribution < -0.4 is 15.5 Å². The van der Waals surface area contributed by atoms with Crippen LogP contribution >= 0.6 is 34.3 Å². The molecule has 8 nitrogen and oxygen atoms in total. The molecule has 0 aromatic carbocycles. The highest BCUT2D eigenvalue weighted by Gasteiger charge is 2.18. The van der Waals surface area contributed by atoms with Crippen LogP contribution in [0.1, 0.15) is 21.1 Å². The van der Waals surface area contributed by atoms with Crippen LogP contribution in [0.4, 0.5) is 22.5 Å². The summed E-state index contributed by atoms with van der Waals surface area (Å²) in [7, 11) is 2.12. The van der Waals surface area contributed by atoms with Gasteiger partial charge in [-0.05, 0) is 31.8 Å². The van der Waals surface area contributed by atoms with Crippen molar-refractivity contribution in [1.29, 1.82) is 0 Å². The van der Waals surface area contributed by atoms with Gasteiger partial charge in [-0.2, -0.15) is 0 Å². The predicted octanol–water partition coefficient (Wildman–Crippen LogP) is 4.01. The fourth-order valence-electron chi connectivity index (χ4n) is 3.10. The molecule has 158 valence electrons. The zero-order valence-corrected chi connectivity index (χ0v) is 19.3. The molecular formula is C19H22ClN7OS2. The Bertz CT molecular complexity index is 1040. The number of anilines is 4. The van der Waals surface area contributed by atoms with Gasteiger partial charge in [0.05, 0.1) is 11.9 Å². The smallest absolute Gasteiger partial charge is 0.267 e. The van der Waals surface area contributed by atoms with Crippen LogP contribution in [0.3, 0.4) is 0 Å². The number of piperazine rings is 1. The van der Waals surface area contributed by atoms with Gasteiger partial charge >= 0.3 is 0 Å². The molecule has 3 aromatic heterocycles. The Hall–Kier alpha value is -2.27. The Morgan fingerprint density at radius 3 is 2.67 bits per heavy atom. The van der Waals surface area contributed by atoms with Crippen LogP contribution in [-0.4, -0.2) is 59.0 Å². The van der Waals surface area contributed by atoms with Crippen molar-refractivity contribution in [3.63, 3.8) is 0 Å². The average molecular weight is 464 g/mol. The monoisotopic (exact) mass is 463 g/mol. The molecule has 0 atom stereocenters. The molecule has 3 aromatic rings. The zero-order chi connectivity index (χ0) is 21.3. The molecule has 0 saturated carbocycles. The summed E-state index contributed by atoms with van der Waals surface area (Å²) in [5.74, 6) is 2.01. The lowest BCUT2D eigenvalue weighted by molar-refractivity contribution is 0.103. The Morgan fingerprint density at radius 1 is 1.20 bits per heavy atom. The molecule has 1 saturated heterocycles. The number of carbonyl (C=O) groups is 1. The number of rotatable bonds is 5. The first-order chi connectivity index (χ1) is 14.4. The summed E-state index contributed by atoms with van der Waals surface area (Å²) in [6, 6.07) is 1.92. The van der Waals surface area contributed by atoms with Gasteiger partial charge in [-0.3, -0.25) is 4.79 Å². The summed E-state index contributed by atoms with van der Waals surface area (Å²) in [6.07, 6.45) is 1.55. The number of halogens is 1. The van der Waals surface area contributed by atoms with E-state index in [4.69, 9.17) is 11.6 Å². The van der Waals surface area contributed by atoms with Crippen molar-refractivity contribution in [3.8, 4) is 0 Å². The van der Waals surface area contributed by atoms with E-state index < -0.39 is 0 Å². The maximum atomic E-state index is 12.6. The van der Waals surface area contributed by atoms with E-state index in [1.165, 1.54) is 22.7 Å². The number of thiazole rings is 1. The van der Waals surface area contributed by atoms with Crippen molar-refractivity contribution < 1.29 is 4.79 Å². The van der Waals surface area contributed by atoms with E-state index in [2.05, 4.69) is 42.4 Å². The number of amides is 1. The second-order valence-corrected chi connectivity index (χ2v) is 9.64. The van der Waals surface area contributed by atoms with E-state index in [1.54, 1.807) is 6.20 Å². The summed E-state index contributed by atoms with van der Waals surface area (Å²) in [5.41, 5.74) is 1.59. The normalized spacial score (nSPS) is 14.7. The maximum Gasteiger partial charge on any atom is 0.267 e. The quantitative estimate of drug-likeness (QED) is 0.591. The molecule has 0 unspecified atom stereocenters. The fourth-order valence-corrected chi connectivity index (χ4v) is 4.87. The van der Waals surface area contributed by atoms with Gasteiger partial charge in [0.25, 0.3) is 5.91 Å². The number of aryl methyl sites for hydroxylation is 2. The molecule has 4 rings (SSSR count). The van der Waals surface area contributed by atoms with Crippen LogP contribution in [0.15, 0.2) is 17.6 Å². The number of carbonyl (C=O) groups excluding carboxylic acids is 1. The van der Waals surface area contributed by atoms with Crippen LogP contribution in [-0.2, 0) is 0 Å². The van der Waals surface area contributed by atoms with Gasteiger partial charge in [0.2, 0.25) is 0 Å². The molecule has 4 heterocycles. The van der Waals surface area contributed by atoms with Crippen LogP contribution in [0.2, 0.25) is 4.34 Å². The van der Waals surface area contributed by atoms with Gasteiger partial charge in [0.1, 0.15) is 26.7 Å². The minimum absolute atomic E-state index is 0.235. The van der Waals surface area contributed by atoms with Gasteiger partial charge < -0.3 is 20.4 Å². The first kappa shape index (κ1) is 21.0. The van der Waals surface area contributed by atoms with Crippen LogP contribution in [0.25, 0.3) is 0 Å². The molecule has 1 aliphatic rings. The van der Waals surface area contributed by atoms with E-state index in [-0.39, 0.29) is 5.91 Å². The molecule has 1 aliphatic heterocycles. The van der Waals surface area contributed by atoms with Crippen molar-refractivity contribution in [2.75, 3.05) is 48.8 Å². The summed E-state index contributed by atoms with van der Waals surface area (Å²) in [5, 5.41) is 8.57. The first-order valence-corrected chi connectivity index (χ1v) is 11.5. The number of nitrogens with one attached hydrogen (secondary N) is 2. The highest BCUT2D eigenvalue weighted by atomic mass is 35.5. The lowest BCUT2D eigenvalue weighted by Gasteiger charge is -2.33. The summed E-state index contributed by atoms with van der Waals surface area (Å²) in [6.45, 7) is 7.65. The second-order valence-electron chi connectivity index (χ2n) is 7.13. The average Bonchev–Trinajstić information content (AvgIpc) is 3.30. The van der Waals surface area contributed by atoms with E-state index in [1.807, 2.05) is 25.3 Å². The minimum atomic E-state index is -0.235. The molecule has 0 radical (unpaired) electrons. The summed E-state index contributed by atoms with van der Waals surface area (Å²) < 4.78 is 0.566. The molecule has 1 amide bonds. The van der Waals surface area contributed by atoms with Gasteiger partial charge in [0, 0.05) is 32.2 Å². The highest BCUT2D eigenvalue weighted by Crippen LogP contribution is 2.33. The van der Waals surface area contributed by atoms with Crippen LogP contribution in [0.5, 0.6) is 0 Å². The lowest BCUT2D eigenvalue weighted by atomic mass is 10.3. The van der Waals surface area contributed by atoms with E-state index in [9.17, 15) is 4.79 Å². The highest BCUT2D eigenvalue weighted by molar-refractivity contribution is 7.17. The predicted molar refractivity (Wildman–Crippen MR) is 124 cm³/mol. The number of aromatic nitrogens is 3. The van der Waals surface area contributed by atoms with Crippen molar-refractivity contribution in [1.82, 2.24) is 19.9 Å². The zero-order valence-electron chi connectivity index (χ0n) is 16.9. The minimum Gasteiger partial charge on any atom is -0.354 e. The lowest BCUT2D eigenvalue weighted by Crippen LogP contribution is -2.44. The van der Waals surface area contributed by atoms with Gasteiger partial charge in [-0.1, -0.05) is 22.9 Å². The number of likely N-dealkylation sites (N-methyl/N-ethyl adjacent to an activating group) is 1. The third kappa shape index (κ3) is 4.72. The Kier molecular flexibility index (Phi) is 6.19. The van der Waals surface area contributed by atoms with Crippen molar-refractivity contribution >= 4 is 62.6 Å². The Morgan fingerprint density at radius 2 is 1.97 bits per heavy atom. The standard InChI is InChI=1S/C19H22ClN7OS2/c1-11-10-29-17(20)16(11)25-18(28)13-9-21-19(30-13)24-14-8-15(23-12(2)22-14)27-6-4-26(3)5-7-27/h8-10H,4-7H2,1-3H3,(H,25,28)(H,21,22,23,24). The fraction of sp³-hybridized carbons (Fsp3) is 0.368. The third-order valence-corrected chi connectivity index (χ3v) is 7.04. The van der Waals surface area contributed by atoms with Gasteiger partial charge in [-0.25, -0.2) is 15.0 Å². The molecule has 30 heavy (non-hydrogen) atoms. The topological polar surface area (TPSA) is 86.3 Å². The molecule has 0 aliphatic carbocycles. The molecule has 11 heteroatoms. The summed E-state index contributed by atoms with van der Waals surface area (Å²) >= 11 is 8.81. The molecule has 1 fully saturated rings. The third-order valence-electron chi connectivity index (χ3n) is 4.78. The van der Waals surface area contributed by atoms with E-state index in [0.717, 1.165) is 37.6 Å². The SMILES string of the molecule is Cc1nc(Nc2ncc(C(=O)Nc3c(C)csc3Cl)s2)cc(N2CCN(C)CC2)n1. The summed E-state index contributed by atoms with van der Waals surface area (Å²) in [4.78, 5) is 31.0. The van der Waals surface area contributed by atoms with Gasteiger partial charge in [0.15, 0.2) is 5.13 Å². The molecule has 0 bridgehead atoms. The first-order valence-electron chi connectivity index (χ1n) is 9.46. The largest absolute Gasteiger partial charge is 0.354 e.